The molecule has 4 rings (SSSR count). The lowest BCUT2D eigenvalue weighted by molar-refractivity contribution is -0.116. The fraction of sp³-hybridized carbons (Fsp3) is 0.273. The van der Waals surface area contributed by atoms with E-state index in [0.717, 1.165) is 35.2 Å². The van der Waals surface area contributed by atoms with Gasteiger partial charge in [0, 0.05) is 23.8 Å². The van der Waals surface area contributed by atoms with Gasteiger partial charge in [0.15, 0.2) is 5.16 Å². The molecule has 1 heterocycles. The van der Waals surface area contributed by atoms with Crippen LogP contribution in [0.25, 0.3) is 5.69 Å². The zero-order valence-electron chi connectivity index (χ0n) is 15.9. The van der Waals surface area contributed by atoms with E-state index < -0.39 is 0 Å². The van der Waals surface area contributed by atoms with Gasteiger partial charge in [-0.25, -0.2) is 0 Å². The number of hydrogen-bond donors (Lipinski definition) is 0. The summed E-state index contributed by atoms with van der Waals surface area (Å²) >= 11 is 1.39. The van der Waals surface area contributed by atoms with Crippen molar-refractivity contribution >= 4 is 23.4 Å². The highest BCUT2D eigenvalue weighted by atomic mass is 32.2. The number of nitriles is 1. The summed E-state index contributed by atoms with van der Waals surface area (Å²) in [6.07, 6.45) is 2.55. The lowest BCUT2D eigenvalue weighted by Gasteiger charge is -2.21. The molecule has 2 aromatic carbocycles. The van der Waals surface area contributed by atoms with Crippen molar-refractivity contribution < 1.29 is 4.79 Å². The predicted octanol–water partition coefficient (Wildman–Crippen LogP) is 4.18. The third kappa shape index (κ3) is 4.49. The Hall–Kier alpha value is -3.11. The third-order valence-electron chi connectivity index (χ3n) is 4.76. The maximum absolute atomic E-state index is 13.0. The van der Waals surface area contributed by atoms with Crippen molar-refractivity contribution in [2.45, 2.75) is 30.3 Å². The Kier molecular flexibility index (Phi) is 5.92. The Morgan fingerprint density at radius 1 is 1.10 bits per heavy atom. The van der Waals surface area contributed by atoms with Gasteiger partial charge in [-0.2, -0.15) is 5.26 Å². The molecule has 0 saturated heterocycles. The van der Waals surface area contributed by atoms with Crippen molar-refractivity contribution in [2.24, 2.45) is 0 Å². The highest BCUT2D eigenvalue weighted by Gasteiger charge is 2.31. The Balaban J connectivity index is 1.54. The van der Waals surface area contributed by atoms with E-state index in [1.54, 1.807) is 4.90 Å². The highest BCUT2D eigenvalue weighted by Crippen LogP contribution is 2.41. The van der Waals surface area contributed by atoms with E-state index in [2.05, 4.69) is 20.8 Å². The second-order valence-electron chi connectivity index (χ2n) is 6.86. The van der Waals surface area contributed by atoms with Gasteiger partial charge in [-0.1, -0.05) is 48.2 Å². The molecule has 0 N–H and O–H groups in total. The topological polar surface area (TPSA) is 74.8 Å². The van der Waals surface area contributed by atoms with Crippen LogP contribution in [0.4, 0.5) is 5.69 Å². The number of para-hydroxylation sites is 2. The fourth-order valence-electron chi connectivity index (χ4n) is 3.17. The molecule has 0 spiro atoms. The summed E-state index contributed by atoms with van der Waals surface area (Å²) in [5.41, 5.74) is 1.82. The fourth-order valence-corrected chi connectivity index (χ4v) is 4.01. The molecule has 146 valence electrons. The Bertz CT molecular complexity index is 1010. The molecule has 1 amide bonds. The first kappa shape index (κ1) is 19.2. The minimum Gasteiger partial charge on any atom is -0.311 e. The van der Waals surface area contributed by atoms with E-state index in [1.165, 1.54) is 11.8 Å². The molecule has 0 unspecified atom stereocenters. The number of hydrogen-bond acceptors (Lipinski definition) is 5. The first-order chi connectivity index (χ1) is 14.3. The van der Waals surface area contributed by atoms with E-state index in [9.17, 15) is 4.79 Å². The number of nitrogens with zero attached hydrogens (tertiary/aromatic N) is 5. The molecule has 0 atom stereocenters. The predicted molar refractivity (Wildman–Crippen MR) is 113 cm³/mol. The number of aromatic nitrogens is 3. The molecular formula is C22H21N5OS. The molecule has 1 aromatic heterocycles. The number of carbonyl (C=O) groups excluding carboxylic acids is 1. The smallest absolute Gasteiger partial charge is 0.237 e. The summed E-state index contributed by atoms with van der Waals surface area (Å²) < 4.78 is 2.07. The van der Waals surface area contributed by atoms with E-state index in [1.807, 2.05) is 60.7 Å². The van der Waals surface area contributed by atoms with Crippen LogP contribution < -0.4 is 4.90 Å². The van der Waals surface area contributed by atoms with E-state index in [0.29, 0.717) is 12.5 Å². The number of carbonyl (C=O) groups is 1. The normalized spacial score (nSPS) is 13.1. The minimum atomic E-state index is -0.0490. The Labute approximate surface area is 174 Å². The van der Waals surface area contributed by atoms with Gasteiger partial charge >= 0.3 is 0 Å². The molecule has 1 aliphatic rings. The maximum Gasteiger partial charge on any atom is 0.237 e. The maximum atomic E-state index is 13.0. The van der Waals surface area contributed by atoms with Gasteiger partial charge in [0.1, 0.15) is 5.82 Å². The van der Waals surface area contributed by atoms with Crippen LogP contribution in [0.15, 0.2) is 65.8 Å². The van der Waals surface area contributed by atoms with Crippen molar-refractivity contribution in [1.82, 2.24) is 14.8 Å². The Morgan fingerprint density at radius 3 is 2.45 bits per heavy atom. The van der Waals surface area contributed by atoms with Crippen molar-refractivity contribution in [3.05, 3.63) is 66.5 Å². The van der Waals surface area contributed by atoms with Crippen molar-refractivity contribution in [3.8, 4) is 11.8 Å². The van der Waals surface area contributed by atoms with Crippen LogP contribution in [0.2, 0.25) is 0 Å². The van der Waals surface area contributed by atoms with Crippen LogP contribution in [0.5, 0.6) is 0 Å². The van der Waals surface area contributed by atoms with E-state index in [4.69, 9.17) is 5.26 Å². The highest BCUT2D eigenvalue weighted by molar-refractivity contribution is 7.99. The van der Waals surface area contributed by atoms with Gasteiger partial charge in [0.25, 0.3) is 0 Å². The average molecular weight is 404 g/mol. The zero-order chi connectivity index (χ0) is 20.1. The second-order valence-corrected chi connectivity index (χ2v) is 7.81. The first-order valence-corrected chi connectivity index (χ1v) is 10.6. The molecule has 1 aliphatic carbocycles. The molecule has 0 radical (unpaired) electrons. The summed E-state index contributed by atoms with van der Waals surface area (Å²) in [6.45, 7) is 0.374. The summed E-state index contributed by atoms with van der Waals surface area (Å²) in [5.74, 6) is 1.60. The number of thioether (sulfide) groups is 1. The number of anilines is 1. The van der Waals surface area contributed by atoms with Gasteiger partial charge in [-0.05, 0) is 37.1 Å². The standard InChI is InChI=1S/C22H21N5OS/c23-14-7-15-26(18-8-3-1-4-9-18)20(28)16-29-22-25-24-21(17-12-13-17)27(22)19-10-5-2-6-11-19/h1-6,8-11,17H,7,12-13,15-16H2. The molecule has 29 heavy (non-hydrogen) atoms. The van der Waals surface area contributed by atoms with Gasteiger partial charge < -0.3 is 4.90 Å². The first-order valence-electron chi connectivity index (χ1n) is 9.64. The van der Waals surface area contributed by atoms with Crippen LogP contribution >= 0.6 is 11.8 Å². The van der Waals surface area contributed by atoms with Crippen LogP contribution in [0.1, 0.15) is 31.0 Å². The summed E-state index contributed by atoms with van der Waals surface area (Å²) in [5, 5.41) is 18.5. The van der Waals surface area contributed by atoms with Gasteiger partial charge in [-0.15, -0.1) is 10.2 Å². The monoisotopic (exact) mass is 403 g/mol. The largest absolute Gasteiger partial charge is 0.311 e. The van der Waals surface area contributed by atoms with Crippen molar-refractivity contribution in [1.29, 1.82) is 5.26 Å². The average Bonchev–Trinajstić information content (AvgIpc) is 3.53. The van der Waals surface area contributed by atoms with Gasteiger partial charge in [0.05, 0.1) is 18.2 Å². The van der Waals surface area contributed by atoms with Crippen LogP contribution in [-0.2, 0) is 4.79 Å². The van der Waals surface area contributed by atoms with Crippen molar-refractivity contribution in [3.63, 3.8) is 0 Å². The molecule has 0 bridgehead atoms. The lowest BCUT2D eigenvalue weighted by Crippen LogP contribution is -2.33. The Morgan fingerprint density at radius 2 is 1.79 bits per heavy atom. The zero-order valence-corrected chi connectivity index (χ0v) is 16.8. The molecular weight excluding hydrogens is 382 g/mol. The van der Waals surface area contributed by atoms with E-state index in [-0.39, 0.29) is 18.1 Å². The van der Waals surface area contributed by atoms with Crippen molar-refractivity contribution in [2.75, 3.05) is 17.2 Å². The molecule has 7 heteroatoms. The number of benzene rings is 2. The third-order valence-corrected chi connectivity index (χ3v) is 5.67. The SMILES string of the molecule is N#CCCN(C(=O)CSc1nnc(C2CC2)n1-c1ccccc1)c1ccccc1. The minimum absolute atomic E-state index is 0.0490. The number of amides is 1. The molecule has 3 aromatic rings. The van der Waals surface area contributed by atoms with Crippen LogP contribution in [0.3, 0.4) is 0 Å². The summed E-state index contributed by atoms with van der Waals surface area (Å²) in [7, 11) is 0. The second kappa shape index (κ2) is 8.93. The molecule has 0 aliphatic heterocycles. The molecule has 6 nitrogen and oxygen atoms in total. The van der Waals surface area contributed by atoms with E-state index >= 15 is 0 Å². The lowest BCUT2D eigenvalue weighted by atomic mass is 10.2. The molecule has 1 fully saturated rings. The van der Waals surface area contributed by atoms with Gasteiger partial charge in [-0.3, -0.25) is 9.36 Å². The van der Waals surface area contributed by atoms with Crippen LogP contribution in [-0.4, -0.2) is 33.0 Å². The quantitative estimate of drug-likeness (QED) is 0.527. The summed E-state index contributed by atoms with van der Waals surface area (Å²) in [6, 6.07) is 21.6. The molecule has 1 saturated carbocycles. The van der Waals surface area contributed by atoms with Crippen LogP contribution in [0, 0.1) is 11.3 Å². The number of rotatable bonds is 8. The summed E-state index contributed by atoms with van der Waals surface area (Å²) in [4.78, 5) is 14.6. The van der Waals surface area contributed by atoms with Gasteiger partial charge in [0.2, 0.25) is 5.91 Å².